The zero-order chi connectivity index (χ0) is 15.1. The molecule has 1 heterocycles. The van der Waals surface area contributed by atoms with Crippen LogP contribution in [0.3, 0.4) is 0 Å². The molecule has 0 aliphatic heterocycles. The van der Waals surface area contributed by atoms with E-state index in [-0.39, 0.29) is 18.8 Å². The summed E-state index contributed by atoms with van der Waals surface area (Å²) in [5, 5.41) is 23.4. The number of aliphatic hydroxyl groups is 2. The van der Waals surface area contributed by atoms with Crippen molar-refractivity contribution < 1.29 is 10.2 Å². The van der Waals surface area contributed by atoms with E-state index < -0.39 is 0 Å². The van der Waals surface area contributed by atoms with Gasteiger partial charge in [0, 0.05) is 12.1 Å². The largest absolute Gasteiger partial charge is 0.394 e. The lowest BCUT2D eigenvalue weighted by Gasteiger charge is -2.16. The van der Waals surface area contributed by atoms with E-state index in [1.54, 1.807) is 6.92 Å². The lowest BCUT2D eigenvalue weighted by molar-refractivity contribution is 0.166. The highest BCUT2D eigenvalue weighted by Gasteiger charge is 2.06. The molecule has 0 radical (unpaired) electrons. The van der Waals surface area contributed by atoms with Crippen LogP contribution >= 0.6 is 12.2 Å². The zero-order valence-electron chi connectivity index (χ0n) is 11.7. The maximum Gasteiger partial charge on any atom is 0.257 e. The van der Waals surface area contributed by atoms with Crippen molar-refractivity contribution >= 4 is 18.4 Å². The van der Waals surface area contributed by atoms with Crippen molar-refractivity contribution in [3.63, 3.8) is 0 Å². The van der Waals surface area contributed by atoms with Gasteiger partial charge in [0.2, 0.25) is 0 Å². The lowest BCUT2D eigenvalue weighted by Crippen LogP contribution is -2.27. The number of hydrazone groups is 1. The molecule has 112 valence electrons. The number of aliphatic hydroxyl groups excluding tert-OH is 2. The molecule has 1 aromatic heterocycles. The minimum absolute atomic E-state index is 0.0657. The van der Waals surface area contributed by atoms with E-state index in [0.29, 0.717) is 35.7 Å². The van der Waals surface area contributed by atoms with Gasteiger partial charge in [-0.3, -0.25) is 14.4 Å². The van der Waals surface area contributed by atoms with Crippen molar-refractivity contribution in [2.75, 3.05) is 26.3 Å². The molecule has 1 aromatic rings. The highest BCUT2D eigenvalue weighted by atomic mass is 32.1. The molecule has 0 saturated heterocycles. The third kappa shape index (κ3) is 3.99. The number of H-pyrrole nitrogens is 1. The standard InChI is InChI=1S/C12H20N4O3S/c1-3-16-11(19)9(2)10(14-12(16)20)8-13-15(4-6-17)5-7-18/h8,17-18H,3-7H2,1-2H3,(H,14,20). The normalized spacial score (nSPS) is 11.2. The number of aromatic nitrogens is 2. The predicted octanol–water partition coefficient (Wildman–Crippen LogP) is -0.145. The van der Waals surface area contributed by atoms with Crippen molar-refractivity contribution in [1.29, 1.82) is 0 Å². The van der Waals surface area contributed by atoms with Crippen molar-refractivity contribution in [1.82, 2.24) is 14.6 Å². The van der Waals surface area contributed by atoms with Crippen LogP contribution in [0.15, 0.2) is 9.90 Å². The Morgan fingerprint density at radius 3 is 2.50 bits per heavy atom. The zero-order valence-corrected chi connectivity index (χ0v) is 12.5. The maximum absolute atomic E-state index is 12.1. The third-order valence-electron chi connectivity index (χ3n) is 2.84. The van der Waals surface area contributed by atoms with Crippen LogP contribution < -0.4 is 5.56 Å². The first-order valence-corrected chi connectivity index (χ1v) is 6.80. The molecule has 0 aliphatic carbocycles. The molecular formula is C12H20N4O3S. The van der Waals surface area contributed by atoms with Crippen molar-refractivity contribution in [2.45, 2.75) is 20.4 Å². The van der Waals surface area contributed by atoms with Crippen LogP contribution in [-0.2, 0) is 6.54 Å². The number of hydrogen-bond donors (Lipinski definition) is 3. The second-order valence-corrected chi connectivity index (χ2v) is 4.55. The summed E-state index contributed by atoms with van der Waals surface area (Å²) in [6.45, 7) is 4.54. The van der Waals surface area contributed by atoms with Gasteiger partial charge in [-0.05, 0) is 26.1 Å². The van der Waals surface area contributed by atoms with E-state index in [1.807, 2.05) is 6.92 Å². The predicted molar refractivity (Wildman–Crippen MR) is 79.6 cm³/mol. The highest BCUT2D eigenvalue weighted by Crippen LogP contribution is 1.98. The van der Waals surface area contributed by atoms with Crippen molar-refractivity contribution in [3.8, 4) is 0 Å². The topological polar surface area (TPSA) is 93.8 Å². The van der Waals surface area contributed by atoms with Crippen LogP contribution in [0.2, 0.25) is 0 Å². The monoisotopic (exact) mass is 300 g/mol. The van der Waals surface area contributed by atoms with E-state index in [2.05, 4.69) is 10.1 Å². The van der Waals surface area contributed by atoms with Gasteiger partial charge in [0.25, 0.3) is 5.56 Å². The highest BCUT2D eigenvalue weighted by molar-refractivity contribution is 7.71. The van der Waals surface area contributed by atoms with E-state index in [9.17, 15) is 4.79 Å². The summed E-state index contributed by atoms with van der Waals surface area (Å²) >= 11 is 5.12. The molecule has 8 heteroatoms. The second-order valence-electron chi connectivity index (χ2n) is 4.16. The first kappa shape index (κ1) is 16.5. The molecule has 20 heavy (non-hydrogen) atoms. The maximum atomic E-state index is 12.1. The van der Waals surface area contributed by atoms with Crippen LogP contribution in [0.4, 0.5) is 0 Å². The fourth-order valence-corrected chi connectivity index (χ4v) is 2.02. The van der Waals surface area contributed by atoms with Crippen LogP contribution in [-0.4, -0.2) is 57.3 Å². The van der Waals surface area contributed by atoms with Crippen LogP contribution in [0.5, 0.6) is 0 Å². The lowest BCUT2D eigenvalue weighted by atomic mass is 10.2. The SMILES string of the molecule is CCn1c(=S)[nH]c(C=NN(CCO)CCO)c(C)c1=O. The second kappa shape index (κ2) is 7.93. The van der Waals surface area contributed by atoms with Gasteiger partial charge in [0.15, 0.2) is 4.77 Å². The Kier molecular flexibility index (Phi) is 6.56. The Hall–Kier alpha value is -1.51. The van der Waals surface area contributed by atoms with E-state index in [4.69, 9.17) is 22.4 Å². The minimum atomic E-state index is -0.145. The van der Waals surface area contributed by atoms with Gasteiger partial charge in [-0.15, -0.1) is 0 Å². The van der Waals surface area contributed by atoms with Gasteiger partial charge < -0.3 is 15.2 Å². The molecule has 0 aromatic carbocycles. The van der Waals surface area contributed by atoms with Gasteiger partial charge in [-0.1, -0.05) is 0 Å². The molecule has 0 bridgehead atoms. The fraction of sp³-hybridized carbons (Fsp3) is 0.583. The molecular weight excluding hydrogens is 280 g/mol. The quantitative estimate of drug-likeness (QED) is 0.370. The molecule has 0 spiro atoms. The average molecular weight is 300 g/mol. The first-order chi connectivity index (χ1) is 9.54. The summed E-state index contributed by atoms with van der Waals surface area (Å²) < 4.78 is 1.82. The molecule has 0 saturated carbocycles. The number of aromatic amines is 1. The van der Waals surface area contributed by atoms with Crippen LogP contribution in [0.1, 0.15) is 18.2 Å². The van der Waals surface area contributed by atoms with Gasteiger partial charge in [-0.25, -0.2) is 0 Å². The molecule has 0 fully saturated rings. The Morgan fingerprint density at radius 2 is 2.00 bits per heavy atom. The molecule has 3 N–H and O–H groups in total. The first-order valence-electron chi connectivity index (χ1n) is 6.39. The number of nitrogens with one attached hydrogen (secondary N) is 1. The Bertz CT molecular complexity index is 573. The summed E-state index contributed by atoms with van der Waals surface area (Å²) in [6, 6.07) is 0. The molecule has 7 nitrogen and oxygen atoms in total. The van der Waals surface area contributed by atoms with Gasteiger partial charge in [-0.2, -0.15) is 5.10 Å². The molecule has 0 atom stereocenters. The van der Waals surface area contributed by atoms with E-state index in [1.165, 1.54) is 15.8 Å². The van der Waals surface area contributed by atoms with Gasteiger partial charge in [0.1, 0.15) is 0 Å². The molecule has 1 rings (SSSR count). The fourth-order valence-electron chi connectivity index (χ4n) is 1.70. The molecule has 0 amide bonds. The number of rotatable bonds is 7. The Labute approximate surface area is 122 Å². The van der Waals surface area contributed by atoms with Crippen molar-refractivity contribution in [2.24, 2.45) is 5.10 Å². The number of nitrogens with zero attached hydrogens (tertiary/aromatic N) is 3. The number of hydrogen-bond acceptors (Lipinski definition) is 6. The summed E-state index contributed by atoms with van der Waals surface area (Å²) in [5.41, 5.74) is 0.913. The molecule has 0 aliphatic rings. The average Bonchev–Trinajstić information content (AvgIpc) is 2.42. The van der Waals surface area contributed by atoms with Crippen LogP contribution in [0.25, 0.3) is 0 Å². The summed E-state index contributed by atoms with van der Waals surface area (Å²) in [6.07, 6.45) is 1.48. The minimum Gasteiger partial charge on any atom is -0.394 e. The van der Waals surface area contributed by atoms with E-state index in [0.717, 1.165) is 0 Å². The third-order valence-corrected chi connectivity index (χ3v) is 3.16. The molecule has 0 unspecified atom stereocenters. The Balaban J connectivity index is 3.09. The smallest absolute Gasteiger partial charge is 0.257 e. The summed E-state index contributed by atoms with van der Waals surface area (Å²) in [5.74, 6) is 0. The van der Waals surface area contributed by atoms with Crippen LogP contribution in [0, 0.1) is 11.7 Å². The Morgan fingerprint density at radius 1 is 1.40 bits per heavy atom. The van der Waals surface area contributed by atoms with Crippen molar-refractivity contribution in [3.05, 3.63) is 26.4 Å². The van der Waals surface area contributed by atoms with Gasteiger partial charge >= 0.3 is 0 Å². The van der Waals surface area contributed by atoms with E-state index >= 15 is 0 Å². The summed E-state index contributed by atoms with van der Waals surface area (Å²) in [4.78, 5) is 15.0. The van der Waals surface area contributed by atoms with Gasteiger partial charge in [0.05, 0.1) is 38.2 Å². The summed E-state index contributed by atoms with van der Waals surface area (Å²) in [7, 11) is 0.